The number of benzene rings is 1. The second-order valence-corrected chi connectivity index (χ2v) is 4.38. The fourth-order valence-corrected chi connectivity index (χ4v) is 1.69. The Morgan fingerprint density at radius 3 is 2.59 bits per heavy atom. The summed E-state index contributed by atoms with van der Waals surface area (Å²) in [7, 11) is 0. The third-order valence-corrected chi connectivity index (χ3v) is 2.70. The molecule has 4 nitrogen and oxygen atoms in total. The normalized spacial score (nSPS) is 10.6. The molecule has 0 aliphatic rings. The first kappa shape index (κ1) is 13.5. The molecule has 0 aliphatic carbocycles. The predicted octanol–water partition coefficient (Wildman–Crippen LogP) is 1.51. The van der Waals surface area contributed by atoms with Crippen LogP contribution in [0.4, 0.5) is 0 Å². The molecule has 0 saturated heterocycles. The van der Waals surface area contributed by atoms with Crippen LogP contribution in [0.2, 0.25) is 0 Å². The van der Waals surface area contributed by atoms with Crippen LogP contribution in [0.15, 0.2) is 18.2 Å². The quantitative estimate of drug-likeness (QED) is 0.832. The molecular weight excluding hydrogens is 216 g/mol. The van der Waals surface area contributed by atoms with Crippen molar-refractivity contribution in [1.29, 1.82) is 0 Å². The molecule has 94 valence electrons. The maximum atomic E-state index is 12.2. The van der Waals surface area contributed by atoms with Crippen LogP contribution >= 0.6 is 0 Å². The van der Waals surface area contributed by atoms with Crippen LogP contribution in [0.1, 0.15) is 29.8 Å². The minimum atomic E-state index is -0.0476. The summed E-state index contributed by atoms with van der Waals surface area (Å²) < 4.78 is 0. The smallest absolute Gasteiger partial charge is 0.254 e. The van der Waals surface area contributed by atoms with E-state index >= 15 is 0 Å². The summed E-state index contributed by atoms with van der Waals surface area (Å²) in [6, 6.07) is 4.99. The van der Waals surface area contributed by atoms with Gasteiger partial charge in [-0.25, -0.2) is 0 Å². The molecule has 0 aliphatic heterocycles. The second kappa shape index (κ2) is 5.68. The van der Waals surface area contributed by atoms with E-state index in [0.717, 1.165) is 0 Å². The van der Waals surface area contributed by atoms with Gasteiger partial charge >= 0.3 is 0 Å². The van der Waals surface area contributed by atoms with Gasteiger partial charge in [-0.1, -0.05) is 0 Å². The lowest BCUT2D eigenvalue weighted by Crippen LogP contribution is -2.40. The Bertz CT molecular complexity index is 402. The van der Waals surface area contributed by atoms with Crippen LogP contribution in [0, 0.1) is 6.92 Å². The summed E-state index contributed by atoms with van der Waals surface area (Å²) in [4.78, 5) is 14.0. The Hall–Kier alpha value is -1.55. The van der Waals surface area contributed by atoms with Gasteiger partial charge in [0.2, 0.25) is 0 Å². The van der Waals surface area contributed by atoms with Crippen molar-refractivity contribution in [3.63, 3.8) is 0 Å². The molecule has 0 aromatic heterocycles. The van der Waals surface area contributed by atoms with Crippen molar-refractivity contribution < 1.29 is 9.90 Å². The van der Waals surface area contributed by atoms with Gasteiger partial charge in [-0.05, 0) is 44.5 Å². The topological polar surface area (TPSA) is 66.6 Å². The average molecular weight is 236 g/mol. The second-order valence-electron chi connectivity index (χ2n) is 4.38. The number of amides is 1. The lowest BCUT2D eigenvalue weighted by atomic mass is 10.1. The first-order chi connectivity index (χ1) is 7.97. The van der Waals surface area contributed by atoms with Gasteiger partial charge in [0.05, 0.1) is 0 Å². The first-order valence-electron chi connectivity index (χ1n) is 5.78. The summed E-state index contributed by atoms with van der Waals surface area (Å²) in [6.45, 7) is 6.67. The van der Waals surface area contributed by atoms with Crippen LogP contribution in [0.3, 0.4) is 0 Å². The highest BCUT2D eigenvalue weighted by atomic mass is 16.3. The SMILES string of the molecule is Cc1cc(C(=O)N(CCN)C(C)C)ccc1O. The van der Waals surface area contributed by atoms with E-state index in [1.165, 1.54) is 0 Å². The molecular formula is C13H20N2O2. The van der Waals surface area contributed by atoms with Crippen LogP contribution in [0.5, 0.6) is 5.75 Å². The molecule has 17 heavy (non-hydrogen) atoms. The summed E-state index contributed by atoms with van der Waals surface area (Å²) in [5.41, 5.74) is 6.79. The van der Waals surface area contributed by atoms with Crippen molar-refractivity contribution in [2.75, 3.05) is 13.1 Å². The minimum absolute atomic E-state index is 0.0476. The van der Waals surface area contributed by atoms with Gasteiger partial charge in [0.25, 0.3) is 5.91 Å². The molecule has 0 spiro atoms. The fourth-order valence-electron chi connectivity index (χ4n) is 1.69. The van der Waals surface area contributed by atoms with Crippen LogP contribution < -0.4 is 5.73 Å². The zero-order chi connectivity index (χ0) is 13.0. The Morgan fingerprint density at radius 2 is 2.12 bits per heavy atom. The number of hydrogen-bond donors (Lipinski definition) is 2. The number of nitrogens with zero attached hydrogens (tertiary/aromatic N) is 1. The van der Waals surface area contributed by atoms with Gasteiger partial charge in [0.1, 0.15) is 5.75 Å². The van der Waals surface area contributed by atoms with Crippen molar-refractivity contribution in [3.05, 3.63) is 29.3 Å². The summed E-state index contributed by atoms with van der Waals surface area (Å²) in [6.07, 6.45) is 0. The summed E-state index contributed by atoms with van der Waals surface area (Å²) in [5, 5.41) is 9.43. The molecule has 0 unspecified atom stereocenters. The van der Waals surface area contributed by atoms with Gasteiger partial charge in [-0.15, -0.1) is 0 Å². The molecule has 3 N–H and O–H groups in total. The third kappa shape index (κ3) is 3.20. The van der Waals surface area contributed by atoms with Gasteiger partial charge in [0, 0.05) is 24.7 Å². The zero-order valence-electron chi connectivity index (χ0n) is 10.6. The zero-order valence-corrected chi connectivity index (χ0v) is 10.6. The van der Waals surface area contributed by atoms with Crippen LogP contribution in [0.25, 0.3) is 0 Å². The van der Waals surface area contributed by atoms with Crippen LogP contribution in [-0.4, -0.2) is 35.0 Å². The molecule has 1 rings (SSSR count). The summed E-state index contributed by atoms with van der Waals surface area (Å²) >= 11 is 0. The Balaban J connectivity index is 2.97. The molecule has 0 bridgehead atoms. The average Bonchev–Trinajstić information content (AvgIpc) is 2.28. The van der Waals surface area contributed by atoms with Gasteiger partial charge < -0.3 is 15.7 Å². The van der Waals surface area contributed by atoms with Crippen LogP contribution in [-0.2, 0) is 0 Å². The minimum Gasteiger partial charge on any atom is -0.508 e. The largest absolute Gasteiger partial charge is 0.508 e. The number of aromatic hydroxyl groups is 1. The van der Waals surface area contributed by atoms with Crippen molar-refractivity contribution in [2.24, 2.45) is 5.73 Å². The summed E-state index contributed by atoms with van der Waals surface area (Å²) in [5.74, 6) is 0.157. The molecule has 0 fully saturated rings. The van der Waals surface area contributed by atoms with E-state index in [0.29, 0.717) is 24.2 Å². The molecule has 4 heteroatoms. The highest BCUT2D eigenvalue weighted by Crippen LogP contribution is 2.18. The molecule has 0 radical (unpaired) electrons. The monoisotopic (exact) mass is 236 g/mol. The molecule has 0 saturated carbocycles. The number of aryl methyl sites for hydroxylation is 1. The van der Waals surface area contributed by atoms with E-state index in [9.17, 15) is 9.90 Å². The maximum absolute atomic E-state index is 12.2. The molecule has 0 heterocycles. The first-order valence-corrected chi connectivity index (χ1v) is 5.78. The number of phenolic OH excluding ortho intramolecular Hbond substituents is 1. The molecule has 1 amide bonds. The molecule has 0 atom stereocenters. The van der Waals surface area contributed by atoms with Crippen molar-refractivity contribution in [2.45, 2.75) is 26.8 Å². The number of carbonyl (C=O) groups is 1. The van der Waals surface area contributed by atoms with Gasteiger partial charge in [-0.3, -0.25) is 4.79 Å². The van der Waals surface area contributed by atoms with Crippen molar-refractivity contribution >= 4 is 5.91 Å². The van der Waals surface area contributed by atoms with E-state index < -0.39 is 0 Å². The van der Waals surface area contributed by atoms with Gasteiger partial charge in [-0.2, -0.15) is 0 Å². The maximum Gasteiger partial charge on any atom is 0.254 e. The van der Waals surface area contributed by atoms with E-state index in [1.807, 2.05) is 13.8 Å². The lowest BCUT2D eigenvalue weighted by molar-refractivity contribution is 0.0712. The Morgan fingerprint density at radius 1 is 1.47 bits per heavy atom. The lowest BCUT2D eigenvalue weighted by Gasteiger charge is -2.26. The highest BCUT2D eigenvalue weighted by Gasteiger charge is 2.18. The Labute approximate surface area is 102 Å². The predicted molar refractivity (Wildman–Crippen MR) is 68.1 cm³/mol. The van der Waals surface area contributed by atoms with Crippen molar-refractivity contribution in [3.8, 4) is 5.75 Å². The number of rotatable bonds is 4. The molecule has 1 aromatic carbocycles. The highest BCUT2D eigenvalue weighted by molar-refractivity contribution is 5.94. The molecule has 1 aromatic rings. The fraction of sp³-hybridized carbons (Fsp3) is 0.462. The van der Waals surface area contributed by atoms with E-state index in [2.05, 4.69) is 0 Å². The van der Waals surface area contributed by atoms with E-state index in [1.54, 1.807) is 30.0 Å². The van der Waals surface area contributed by atoms with E-state index in [4.69, 9.17) is 5.73 Å². The number of carbonyl (C=O) groups excluding carboxylic acids is 1. The number of nitrogens with two attached hydrogens (primary N) is 1. The standard InChI is InChI=1S/C13H20N2O2/c1-9(2)15(7-6-14)13(17)11-4-5-12(16)10(3)8-11/h4-5,8-9,16H,6-7,14H2,1-3H3. The number of hydrogen-bond acceptors (Lipinski definition) is 3. The number of phenols is 1. The third-order valence-electron chi connectivity index (χ3n) is 2.70. The Kier molecular flexibility index (Phi) is 4.52. The van der Waals surface area contributed by atoms with Crippen molar-refractivity contribution in [1.82, 2.24) is 4.90 Å². The van der Waals surface area contributed by atoms with E-state index in [-0.39, 0.29) is 17.7 Å². The van der Waals surface area contributed by atoms with Gasteiger partial charge in [0.15, 0.2) is 0 Å².